The number of hydrogen-bond donors (Lipinski definition) is 1. The van der Waals surface area contributed by atoms with Crippen LogP contribution in [0, 0.1) is 0 Å². The summed E-state index contributed by atoms with van der Waals surface area (Å²) in [7, 11) is 0. The number of rotatable bonds is 1. The van der Waals surface area contributed by atoms with Crippen molar-refractivity contribution in [2.24, 2.45) is 0 Å². The van der Waals surface area contributed by atoms with E-state index in [1.807, 2.05) is 29.5 Å². The molecular formula is C16H16N4S. The lowest BCUT2D eigenvalue weighted by molar-refractivity contribution is 0.627. The summed E-state index contributed by atoms with van der Waals surface area (Å²) in [4.78, 5) is 12.8. The zero-order valence-electron chi connectivity index (χ0n) is 11.8. The first-order valence-electron chi connectivity index (χ1n) is 7.07. The van der Waals surface area contributed by atoms with Gasteiger partial charge >= 0.3 is 0 Å². The van der Waals surface area contributed by atoms with E-state index in [0.29, 0.717) is 6.04 Å². The van der Waals surface area contributed by atoms with Crippen LogP contribution in [0.2, 0.25) is 0 Å². The Morgan fingerprint density at radius 2 is 2.19 bits per heavy atom. The van der Waals surface area contributed by atoms with Crippen molar-refractivity contribution in [2.45, 2.75) is 19.4 Å². The number of aromatic nitrogens is 2. The van der Waals surface area contributed by atoms with Crippen molar-refractivity contribution in [1.29, 1.82) is 0 Å². The molecule has 1 aromatic carbocycles. The minimum Gasteiger partial charge on any atom is -0.399 e. The van der Waals surface area contributed by atoms with Crippen LogP contribution in [-0.4, -0.2) is 16.5 Å². The van der Waals surface area contributed by atoms with Crippen LogP contribution in [0.5, 0.6) is 0 Å². The van der Waals surface area contributed by atoms with Crippen LogP contribution in [0.4, 0.5) is 11.5 Å². The Labute approximate surface area is 127 Å². The molecule has 0 amide bonds. The fourth-order valence-electron chi connectivity index (χ4n) is 3.09. The number of nitrogen functional groups attached to an aromatic ring is 1. The second kappa shape index (κ2) is 4.70. The number of fused-ring (bicyclic) bond motifs is 2. The summed E-state index contributed by atoms with van der Waals surface area (Å²) in [6, 6.07) is 8.43. The number of benzene rings is 1. The van der Waals surface area contributed by atoms with Gasteiger partial charge in [0.25, 0.3) is 0 Å². The molecule has 5 heteroatoms. The SMILES string of the molecule is CC1c2ccsc2CCN1c1ncnc2cc(N)ccc12. The van der Waals surface area contributed by atoms with E-state index in [0.717, 1.165) is 35.4 Å². The minimum atomic E-state index is 0.343. The molecule has 0 spiro atoms. The van der Waals surface area contributed by atoms with Crippen LogP contribution in [0.25, 0.3) is 10.9 Å². The van der Waals surface area contributed by atoms with Crippen molar-refractivity contribution < 1.29 is 0 Å². The molecule has 2 aromatic heterocycles. The standard InChI is InChI=1S/C16H16N4S/c1-10-12-5-7-21-15(12)4-6-20(10)16-13-3-2-11(17)8-14(13)18-9-19-16/h2-3,5,7-10H,4,6,17H2,1H3. The molecule has 4 nitrogen and oxygen atoms in total. The Hall–Kier alpha value is -2.14. The summed E-state index contributed by atoms with van der Waals surface area (Å²) < 4.78 is 0. The van der Waals surface area contributed by atoms with E-state index in [2.05, 4.69) is 33.2 Å². The highest BCUT2D eigenvalue weighted by Crippen LogP contribution is 2.37. The van der Waals surface area contributed by atoms with Gasteiger partial charge in [-0.25, -0.2) is 9.97 Å². The van der Waals surface area contributed by atoms with Gasteiger partial charge < -0.3 is 10.6 Å². The summed E-state index contributed by atoms with van der Waals surface area (Å²) in [5.74, 6) is 1.00. The highest BCUT2D eigenvalue weighted by atomic mass is 32.1. The third kappa shape index (κ3) is 1.96. The van der Waals surface area contributed by atoms with Gasteiger partial charge in [0, 0.05) is 22.5 Å². The van der Waals surface area contributed by atoms with Crippen LogP contribution in [0.3, 0.4) is 0 Å². The number of nitrogens with zero attached hydrogens (tertiary/aromatic N) is 3. The first-order valence-corrected chi connectivity index (χ1v) is 7.95. The van der Waals surface area contributed by atoms with Gasteiger partial charge in [0.2, 0.25) is 0 Å². The third-order valence-corrected chi connectivity index (χ3v) is 5.19. The maximum absolute atomic E-state index is 5.86. The number of anilines is 2. The van der Waals surface area contributed by atoms with Gasteiger partial charge in [0.15, 0.2) is 0 Å². The van der Waals surface area contributed by atoms with Crippen molar-refractivity contribution >= 4 is 33.7 Å². The molecule has 2 N–H and O–H groups in total. The first-order chi connectivity index (χ1) is 10.2. The van der Waals surface area contributed by atoms with E-state index in [1.54, 1.807) is 6.33 Å². The second-order valence-corrected chi connectivity index (χ2v) is 6.39. The molecule has 1 aliphatic rings. The van der Waals surface area contributed by atoms with Gasteiger partial charge in [-0.2, -0.15) is 0 Å². The lowest BCUT2D eigenvalue weighted by Crippen LogP contribution is -2.33. The maximum Gasteiger partial charge on any atom is 0.140 e. The fraction of sp³-hybridized carbons (Fsp3) is 0.250. The Balaban J connectivity index is 1.84. The van der Waals surface area contributed by atoms with Gasteiger partial charge in [0.1, 0.15) is 12.1 Å². The molecule has 1 unspecified atom stereocenters. The van der Waals surface area contributed by atoms with Crippen molar-refractivity contribution in [1.82, 2.24) is 9.97 Å². The quantitative estimate of drug-likeness (QED) is 0.699. The third-order valence-electron chi connectivity index (χ3n) is 4.19. The van der Waals surface area contributed by atoms with Crippen LogP contribution in [0.15, 0.2) is 36.0 Å². The zero-order chi connectivity index (χ0) is 14.4. The Morgan fingerprint density at radius 3 is 3.10 bits per heavy atom. The van der Waals surface area contributed by atoms with Crippen LogP contribution < -0.4 is 10.6 Å². The van der Waals surface area contributed by atoms with Crippen molar-refractivity contribution in [2.75, 3.05) is 17.2 Å². The largest absolute Gasteiger partial charge is 0.399 e. The number of thiophene rings is 1. The first kappa shape index (κ1) is 12.6. The Kier molecular flexibility index (Phi) is 2.82. The molecule has 0 radical (unpaired) electrons. The van der Waals surface area contributed by atoms with Crippen molar-refractivity contribution in [3.63, 3.8) is 0 Å². The van der Waals surface area contributed by atoms with E-state index in [9.17, 15) is 0 Å². The summed E-state index contributed by atoms with van der Waals surface area (Å²) >= 11 is 1.86. The summed E-state index contributed by atoms with van der Waals surface area (Å²) in [5, 5.41) is 3.25. The number of hydrogen-bond acceptors (Lipinski definition) is 5. The minimum absolute atomic E-state index is 0.343. The van der Waals surface area contributed by atoms with Crippen LogP contribution in [0.1, 0.15) is 23.4 Å². The second-order valence-electron chi connectivity index (χ2n) is 5.39. The molecule has 0 aliphatic carbocycles. The predicted molar refractivity (Wildman–Crippen MR) is 87.7 cm³/mol. The molecule has 4 rings (SSSR count). The van der Waals surface area contributed by atoms with E-state index >= 15 is 0 Å². The summed E-state index contributed by atoms with van der Waals surface area (Å²) in [5.41, 5.74) is 8.92. The van der Waals surface area contributed by atoms with E-state index < -0.39 is 0 Å². The van der Waals surface area contributed by atoms with Gasteiger partial charge in [-0.3, -0.25) is 0 Å². The molecule has 21 heavy (non-hydrogen) atoms. The van der Waals surface area contributed by atoms with Crippen LogP contribution in [-0.2, 0) is 6.42 Å². The molecule has 0 saturated carbocycles. The van der Waals surface area contributed by atoms with Crippen molar-refractivity contribution in [3.8, 4) is 0 Å². The topological polar surface area (TPSA) is 55.0 Å². The van der Waals surface area contributed by atoms with Crippen LogP contribution >= 0.6 is 11.3 Å². The molecule has 0 bridgehead atoms. The lowest BCUT2D eigenvalue weighted by Gasteiger charge is -2.35. The molecule has 0 saturated heterocycles. The molecule has 106 valence electrons. The molecule has 0 fully saturated rings. The molecular weight excluding hydrogens is 280 g/mol. The summed E-state index contributed by atoms with van der Waals surface area (Å²) in [6.45, 7) is 3.24. The lowest BCUT2D eigenvalue weighted by atomic mass is 10.0. The van der Waals surface area contributed by atoms with Gasteiger partial charge in [0.05, 0.1) is 11.6 Å². The van der Waals surface area contributed by atoms with Gasteiger partial charge in [-0.15, -0.1) is 11.3 Å². The number of nitrogens with two attached hydrogens (primary N) is 1. The molecule has 1 aliphatic heterocycles. The van der Waals surface area contributed by atoms with Gasteiger partial charge in [-0.1, -0.05) is 0 Å². The fourth-order valence-corrected chi connectivity index (χ4v) is 4.05. The van der Waals surface area contributed by atoms with Gasteiger partial charge in [-0.05, 0) is 48.6 Å². The van der Waals surface area contributed by atoms with E-state index in [4.69, 9.17) is 5.73 Å². The van der Waals surface area contributed by atoms with E-state index in [-0.39, 0.29) is 0 Å². The predicted octanol–water partition coefficient (Wildman–Crippen LogP) is 3.40. The molecule has 3 aromatic rings. The average molecular weight is 296 g/mol. The highest BCUT2D eigenvalue weighted by Gasteiger charge is 2.26. The Bertz CT molecular complexity index is 811. The zero-order valence-corrected chi connectivity index (χ0v) is 12.6. The monoisotopic (exact) mass is 296 g/mol. The smallest absolute Gasteiger partial charge is 0.140 e. The molecule has 1 atom stereocenters. The van der Waals surface area contributed by atoms with Crippen molar-refractivity contribution in [3.05, 3.63) is 46.4 Å². The van der Waals surface area contributed by atoms with E-state index in [1.165, 1.54) is 10.4 Å². The molecule has 3 heterocycles. The maximum atomic E-state index is 5.86. The Morgan fingerprint density at radius 1 is 1.29 bits per heavy atom. The normalized spacial score (nSPS) is 18.0. The average Bonchev–Trinajstić information content (AvgIpc) is 2.96. The highest BCUT2D eigenvalue weighted by molar-refractivity contribution is 7.10. The summed E-state index contributed by atoms with van der Waals surface area (Å²) in [6.07, 6.45) is 2.71.